The van der Waals surface area contributed by atoms with Crippen LogP contribution >= 0.6 is 0 Å². The van der Waals surface area contributed by atoms with Crippen molar-refractivity contribution < 1.29 is 4.74 Å². The number of hydrogen-bond acceptors (Lipinski definition) is 2. The van der Waals surface area contributed by atoms with E-state index in [0.29, 0.717) is 6.73 Å². The van der Waals surface area contributed by atoms with Crippen LogP contribution in [0.5, 0.6) is 0 Å². The van der Waals surface area contributed by atoms with Gasteiger partial charge in [-0.25, -0.2) is 0 Å². The first-order valence-electron chi connectivity index (χ1n) is 4.69. The van der Waals surface area contributed by atoms with E-state index in [4.69, 9.17) is 4.74 Å². The minimum atomic E-state index is 0.586. The van der Waals surface area contributed by atoms with E-state index >= 15 is 0 Å². The van der Waals surface area contributed by atoms with Gasteiger partial charge in [0, 0.05) is 12.1 Å². The lowest BCUT2D eigenvalue weighted by Gasteiger charge is -2.18. The molecule has 0 aromatic rings. The van der Waals surface area contributed by atoms with Crippen LogP contribution in [0.4, 0.5) is 0 Å². The van der Waals surface area contributed by atoms with Crippen molar-refractivity contribution in [1.29, 1.82) is 0 Å². The Kier molecular flexibility index (Phi) is 7.02. The summed E-state index contributed by atoms with van der Waals surface area (Å²) in [7, 11) is 0. The zero-order valence-corrected chi connectivity index (χ0v) is 8.76. The van der Waals surface area contributed by atoms with E-state index in [9.17, 15) is 0 Å². The molecule has 0 aromatic heterocycles. The first-order chi connectivity index (χ1) is 6.34. The largest absolute Gasteiger partial charge is 0.478 e. The smallest absolute Gasteiger partial charge is 0.139 e. The fourth-order valence-corrected chi connectivity index (χ4v) is 0.869. The average Bonchev–Trinajstić information content (AvgIpc) is 2.20. The molecule has 0 unspecified atom stereocenters. The first-order valence-corrected chi connectivity index (χ1v) is 4.69. The monoisotopic (exact) mass is 181 g/mol. The highest BCUT2D eigenvalue weighted by molar-refractivity contribution is 5.28. The molecule has 0 bridgehead atoms. The second-order valence-corrected chi connectivity index (χ2v) is 2.38. The molecule has 1 saturated heterocycles. The maximum absolute atomic E-state index is 5.29. The molecule has 0 aliphatic carbocycles. The third-order valence-electron chi connectivity index (χ3n) is 1.46. The molecule has 1 rings (SSSR count). The SMILES string of the molecule is C=C1CNCO/C1=C/C=C\C.CC. The number of allylic oxidation sites excluding steroid dienone is 3. The molecule has 1 heterocycles. The summed E-state index contributed by atoms with van der Waals surface area (Å²) < 4.78 is 5.29. The van der Waals surface area contributed by atoms with Crippen molar-refractivity contribution in [3.8, 4) is 0 Å². The summed E-state index contributed by atoms with van der Waals surface area (Å²) in [6.07, 6.45) is 5.85. The standard InChI is InChI=1S/C9H13NO.C2H6/c1-3-4-5-9-8(2)6-10-7-11-9;1-2/h3-5,10H,2,6-7H2,1H3;1-2H3/b4-3-,9-5+;. The zero-order chi connectivity index (χ0) is 10.1. The summed E-state index contributed by atoms with van der Waals surface area (Å²) in [5, 5.41) is 3.05. The van der Waals surface area contributed by atoms with E-state index in [1.807, 2.05) is 39.0 Å². The van der Waals surface area contributed by atoms with Crippen molar-refractivity contribution in [3.05, 3.63) is 36.1 Å². The summed E-state index contributed by atoms with van der Waals surface area (Å²) in [5.74, 6) is 0.891. The van der Waals surface area contributed by atoms with Gasteiger partial charge in [-0.1, -0.05) is 32.6 Å². The fraction of sp³-hybridized carbons (Fsp3) is 0.455. The van der Waals surface area contributed by atoms with Crippen molar-refractivity contribution in [3.63, 3.8) is 0 Å². The Balaban J connectivity index is 0.000000671. The van der Waals surface area contributed by atoms with Crippen molar-refractivity contribution >= 4 is 0 Å². The predicted molar refractivity (Wildman–Crippen MR) is 57.3 cm³/mol. The van der Waals surface area contributed by atoms with Gasteiger partial charge in [0.2, 0.25) is 0 Å². The van der Waals surface area contributed by atoms with Crippen LogP contribution in [0.3, 0.4) is 0 Å². The molecule has 1 N–H and O–H groups in total. The Morgan fingerprint density at radius 3 is 2.69 bits per heavy atom. The number of rotatable bonds is 1. The Morgan fingerprint density at radius 2 is 2.15 bits per heavy atom. The molecule has 0 spiro atoms. The highest BCUT2D eigenvalue weighted by Gasteiger charge is 2.07. The Morgan fingerprint density at radius 1 is 1.46 bits per heavy atom. The fourth-order valence-electron chi connectivity index (χ4n) is 0.869. The molecule has 1 fully saturated rings. The molecule has 2 nitrogen and oxygen atoms in total. The number of hydrogen-bond donors (Lipinski definition) is 1. The maximum Gasteiger partial charge on any atom is 0.139 e. The molecule has 13 heavy (non-hydrogen) atoms. The molecule has 1 aliphatic rings. The van der Waals surface area contributed by atoms with Gasteiger partial charge in [0.1, 0.15) is 12.5 Å². The molecule has 2 heteroatoms. The van der Waals surface area contributed by atoms with Crippen LogP contribution in [-0.2, 0) is 4.74 Å². The summed E-state index contributed by atoms with van der Waals surface area (Å²) in [4.78, 5) is 0. The van der Waals surface area contributed by atoms with Gasteiger partial charge < -0.3 is 4.74 Å². The molecule has 0 atom stereocenters. The topological polar surface area (TPSA) is 21.3 Å². The molecular weight excluding hydrogens is 162 g/mol. The quantitative estimate of drug-likeness (QED) is 0.671. The van der Waals surface area contributed by atoms with Crippen molar-refractivity contribution in [2.75, 3.05) is 13.3 Å². The van der Waals surface area contributed by atoms with Gasteiger partial charge in [0.05, 0.1) is 0 Å². The predicted octanol–water partition coefficient (Wildman–Crippen LogP) is 2.61. The molecular formula is C11H19NO. The Labute approximate surface area is 81.0 Å². The molecule has 0 saturated carbocycles. The summed E-state index contributed by atoms with van der Waals surface area (Å²) in [6.45, 7) is 11.2. The molecule has 0 radical (unpaired) electrons. The van der Waals surface area contributed by atoms with Gasteiger partial charge in [-0.05, 0) is 13.0 Å². The van der Waals surface area contributed by atoms with Crippen LogP contribution < -0.4 is 5.32 Å². The van der Waals surface area contributed by atoms with Crippen LogP contribution in [0, 0.1) is 0 Å². The second kappa shape index (κ2) is 7.62. The van der Waals surface area contributed by atoms with Gasteiger partial charge in [0.25, 0.3) is 0 Å². The van der Waals surface area contributed by atoms with Crippen LogP contribution in [0.25, 0.3) is 0 Å². The molecule has 0 aromatic carbocycles. The maximum atomic E-state index is 5.29. The van der Waals surface area contributed by atoms with E-state index < -0.39 is 0 Å². The van der Waals surface area contributed by atoms with Crippen molar-refractivity contribution in [2.24, 2.45) is 0 Å². The van der Waals surface area contributed by atoms with Crippen molar-refractivity contribution in [1.82, 2.24) is 5.32 Å². The lowest BCUT2D eigenvalue weighted by molar-refractivity contribution is 0.177. The number of ether oxygens (including phenoxy) is 1. The normalized spacial score (nSPS) is 19.6. The average molecular weight is 181 g/mol. The van der Waals surface area contributed by atoms with Gasteiger partial charge in [-0.15, -0.1) is 0 Å². The van der Waals surface area contributed by atoms with Crippen LogP contribution in [0.1, 0.15) is 20.8 Å². The Hall–Kier alpha value is -1.02. The summed E-state index contributed by atoms with van der Waals surface area (Å²) in [5.41, 5.74) is 1.01. The van der Waals surface area contributed by atoms with E-state index in [0.717, 1.165) is 17.9 Å². The van der Waals surface area contributed by atoms with Crippen LogP contribution in [0.15, 0.2) is 36.1 Å². The lowest BCUT2D eigenvalue weighted by atomic mass is 10.2. The molecule has 0 amide bonds. The molecule has 1 aliphatic heterocycles. The van der Waals surface area contributed by atoms with Crippen LogP contribution in [-0.4, -0.2) is 13.3 Å². The lowest BCUT2D eigenvalue weighted by Crippen LogP contribution is -2.27. The van der Waals surface area contributed by atoms with Gasteiger partial charge >= 0.3 is 0 Å². The van der Waals surface area contributed by atoms with E-state index in [2.05, 4.69) is 11.9 Å². The number of nitrogens with one attached hydrogen (secondary N) is 1. The van der Waals surface area contributed by atoms with Gasteiger partial charge in [-0.3, -0.25) is 5.32 Å². The highest BCUT2D eigenvalue weighted by Crippen LogP contribution is 2.11. The first kappa shape index (κ1) is 12.0. The van der Waals surface area contributed by atoms with E-state index in [-0.39, 0.29) is 0 Å². The zero-order valence-electron chi connectivity index (χ0n) is 8.76. The minimum Gasteiger partial charge on any atom is -0.478 e. The summed E-state index contributed by atoms with van der Waals surface area (Å²) >= 11 is 0. The minimum absolute atomic E-state index is 0.586. The second-order valence-electron chi connectivity index (χ2n) is 2.38. The third-order valence-corrected chi connectivity index (χ3v) is 1.46. The molecule has 74 valence electrons. The third kappa shape index (κ3) is 4.53. The van der Waals surface area contributed by atoms with E-state index in [1.54, 1.807) is 0 Å². The van der Waals surface area contributed by atoms with Crippen LogP contribution in [0.2, 0.25) is 0 Å². The van der Waals surface area contributed by atoms with Gasteiger partial charge in [-0.2, -0.15) is 0 Å². The highest BCUT2D eigenvalue weighted by atomic mass is 16.5. The summed E-state index contributed by atoms with van der Waals surface area (Å²) in [6, 6.07) is 0. The van der Waals surface area contributed by atoms with Crippen molar-refractivity contribution in [2.45, 2.75) is 20.8 Å². The Bertz CT molecular complexity index is 204. The van der Waals surface area contributed by atoms with E-state index in [1.165, 1.54) is 0 Å². The van der Waals surface area contributed by atoms with Gasteiger partial charge in [0.15, 0.2) is 0 Å².